The van der Waals surface area contributed by atoms with Gasteiger partial charge < -0.3 is 19.0 Å². The predicted molar refractivity (Wildman–Crippen MR) is 124 cm³/mol. The summed E-state index contributed by atoms with van der Waals surface area (Å²) in [6.07, 6.45) is 3.69. The Labute approximate surface area is 186 Å². The van der Waals surface area contributed by atoms with E-state index in [0.717, 1.165) is 48.2 Å². The lowest BCUT2D eigenvalue weighted by molar-refractivity contribution is 0.340. The summed E-state index contributed by atoms with van der Waals surface area (Å²) in [6.45, 7) is 5.68. The van der Waals surface area contributed by atoms with Crippen LogP contribution in [0.25, 0.3) is 12.2 Å². The van der Waals surface area contributed by atoms with E-state index >= 15 is 0 Å². The normalized spacial score (nSPS) is 14.1. The number of hydrogen-bond donors (Lipinski definition) is 0. The van der Waals surface area contributed by atoms with Gasteiger partial charge in [0.15, 0.2) is 0 Å². The Balaban J connectivity index is 1.43. The summed E-state index contributed by atoms with van der Waals surface area (Å²) in [7, 11) is 0. The second kappa shape index (κ2) is 9.59. The molecule has 2 heterocycles. The molecule has 6 nitrogen and oxygen atoms in total. The topological polar surface area (TPSA) is 65.5 Å². The minimum Gasteiger partial charge on any atom is -0.494 e. The van der Waals surface area contributed by atoms with Gasteiger partial charge in [-0.25, -0.2) is 0 Å². The van der Waals surface area contributed by atoms with Gasteiger partial charge in [0.05, 0.1) is 6.61 Å². The van der Waals surface area contributed by atoms with Gasteiger partial charge in [0.2, 0.25) is 17.5 Å². The number of aromatic nitrogens is 1. The number of halogens is 1. The van der Waals surface area contributed by atoms with Crippen LogP contribution in [0.2, 0.25) is 5.02 Å². The Kier molecular flexibility index (Phi) is 6.44. The first kappa shape index (κ1) is 20.8. The molecule has 158 valence electrons. The average Bonchev–Trinajstić information content (AvgIpc) is 3.22. The van der Waals surface area contributed by atoms with Crippen LogP contribution in [0, 0.1) is 11.3 Å². The van der Waals surface area contributed by atoms with Crippen LogP contribution in [0.1, 0.15) is 24.1 Å². The van der Waals surface area contributed by atoms with Crippen LogP contribution in [0.15, 0.2) is 52.9 Å². The van der Waals surface area contributed by atoms with Gasteiger partial charge in [0.25, 0.3) is 0 Å². The molecule has 3 aromatic rings. The third-order valence-corrected chi connectivity index (χ3v) is 5.32. The summed E-state index contributed by atoms with van der Waals surface area (Å²) in [5, 5.41) is 10.3. The van der Waals surface area contributed by atoms with E-state index in [1.807, 2.05) is 55.5 Å². The Morgan fingerprint density at radius 1 is 1.10 bits per heavy atom. The molecule has 2 aromatic carbocycles. The lowest BCUT2D eigenvalue weighted by atomic mass is 10.2. The highest BCUT2D eigenvalue weighted by molar-refractivity contribution is 6.30. The van der Waals surface area contributed by atoms with Gasteiger partial charge in [-0.05, 0) is 48.9 Å². The number of benzene rings is 2. The van der Waals surface area contributed by atoms with Gasteiger partial charge in [0, 0.05) is 43.0 Å². The minimum atomic E-state index is 0.308. The second-order valence-corrected chi connectivity index (χ2v) is 7.54. The van der Waals surface area contributed by atoms with Crippen LogP contribution in [-0.2, 0) is 0 Å². The van der Waals surface area contributed by atoms with Crippen molar-refractivity contribution < 1.29 is 9.15 Å². The zero-order chi connectivity index (χ0) is 21.6. The molecule has 0 aliphatic carbocycles. The van der Waals surface area contributed by atoms with E-state index in [1.165, 1.54) is 0 Å². The molecule has 4 rings (SSSR count). The Bertz CT molecular complexity index is 1090. The van der Waals surface area contributed by atoms with Crippen LogP contribution >= 0.6 is 11.6 Å². The average molecular weight is 435 g/mol. The molecule has 31 heavy (non-hydrogen) atoms. The number of ether oxygens (including phenoxy) is 1. The summed E-state index contributed by atoms with van der Waals surface area (Å²) in [5.74, 6) is 1.78. The highest BCUT2D eigenvalue weighted by Crippen LogP contribution is 2.26. The molecule has 0 bridgehead atoms. The number of hydrogen-bond acceptors (Lipinski definition) is 6. The van der Waals surface area contributed by atoms with Gasteiger partial charge >= 0.3 is 0 Å². The van der Waals surface area contributed by atoms with Crippen molar-refractivity contribution in [3.8, 4) is 11.8 Å². The first-order valence-corrected chi connectivity index (χ1v) is 10.6. The maximum atomic E-state index is 9.53. The van der Waals surface area contributed by atoms with Crippen LogP contribution in [0.5, 0.6) is 5.75 Å². The third-order valence-electron chi connectivity index (χ3n) is 5.08. The van der Waals surface area contributed by atoms with Crippen molar-refractivity contribution in [2.75, 3.05) is 42.6 Å². The molecule has 1 aliphatic rings. The van der Waals surface area contributed by atoms with E-state index in [9.17, 15) is 5.26 Å². The van der Waals surface area contributed by atoms with Gasteiger partial charge in [-0.3, -0.25) is 0 Å². The quantitative estimate of drug-likeness (QED) is 0.538. The van der Waals surface area contributed by atoms with Gasteiger partial charge in [0.1, 0.15) is 11.8 Å². The van der Waals surface area contributed by atoms with Crippen molar-refractivity contribution in [3.05, 3.63) is 70.7 Å². The Hall–Kier alpha value is -3.43. The summed E-state index contributed by atoms with van der Waals surface area (Å²) >= 11 is 6.12. The summed E-state index contributed by atoms with van der Waals surface area (Å²) < 4.78 is 11.4. The van der Waals surface area contributed by atoms with Crippen molar-refractivity contribution in [1.82, 2.24) is 4.98 Å². The maximum Gasteiger partial charge on any atom is 0.235 e. The zero-order valence-electron chi connectivity index (χ0n) is 17.3. The van der Waals surface area contributed by atoms with E-state index in [1.54, 1.807) is 6.08 Å². The number of nitrogens with zero attached hydrogens (tertiary/aromatic N) is 4. The van der Waals surface area contributed by atoms with Crippen molar-refractivity contribution >= 4 is 35.3 Å². The summed E-state index contributed by atoms with van der Waals surface area (Å²) in [4.78, 5) is 8.69. The van der Waals surface area contributed by atoms with Crippen molar-refractivity contribution in [2.24, 2.45) is 0 Å². The number of oxazole rings is 1. The van der Waals surface area contributed by atoms with Crippen LogP contribution in [0.4, 0.5) is 11.6 Å². The van der Waals surface area contributed by atoms with Crippen LogP contribution in [0.3, 0.4) is 0 Å². The minimum absolute atomic E-state index is 0.308. The lowest BCUT2D eigenvalue weighted by Gasteiger charge is -2.35. The Morgan fingerprint density at radius 2 is 1.84 bits per heavy atom. The predicted octanol–water partition coefficient (Wildman–Crippen LogP) is 5.10. The van der Waals surface area contributed by atoms with Crippen molar-refractivity contribution in [1.29, 1.82) is 5.26 Å². The first-order chi connectivity index (χ1) is 15.2. The molecule has 0 radical (unpaired) electrons. The SMILES string of the molecule is CCOc1ccc(C=Cc2nc(C#N)c(N3CCN(c4cccc(Cl)c4)CC3)o2)cc1. The maximum absolute atomic E-state index is 9.53. The molecule has 0 unspecified atom stereocenters. The lowest BCUT2D eigenvalue weighted by Crippen LogP contribution is -2.46. The highest BCUT2D eigenvalue weighted by Gasteiger charge is 2.24. The van der Waals surface area contributed by atoms with E-state index < -0.39 is 0 Å². The fraction of sp³-hybridized carbons (Fsp3) is 0.250. The summed E-state index contributed by atoms with van der Waals surface area (Å²) in [5.41, 5.74) is 2.41. The number of piperazine rings is 1. The van der Waals surface area contributed by atoms with E-state index in [0.29, 0.717) is 24.1 Å². The molecule has 0 atom stereocenters. The largest absolute Gasteiger partial charge is 0.494 e. The molecule has 1 saturated heterocycles. The van der Waals surface area contributed by atoms with E-state index in [2.05, 4.69) is 26.9 Å². The molecular weight excluding hydrogens is 412 g/mol. The van der Waals surface area contributed by atoms with Crippen LogP contribution in [-0.4, -0.2) is 37.8 Å². The number of nitriles is 1. The second-order valence-electron chi connectivity index (χ2n) is 7.11. The highest BCUT2D eigenvalue weighted by atomic mass is 35.5. The smallest absolute Gasteiger partial charge is 0.235 e. The molecule has 1 aromatic heterocycles. The Morgan fingerprint density at radius 3 is 2.52 bits per heavy atom. The summed E-state index contributed by atoms with van der Waals surface area (Å²) in [6, 6.07) is 17.8. The standard InChI is InChI=1S/C24H23ClN4O2/c1-2-30-21-9-6-18(7-10-21)8-11-23-27-22(17-26)24(31-23)29-14-12-28(13-15-29)20-5-3-4-19(25)16-20/h3-11,16H,2,12-15H2,1H3. The molecular formula is C24H23ClN4O2. The molecule has 0 amide bonds. The molecule has 7 heteroatoms. The fourth-order valence-corrected chi connectivity index (χ4v) is 3.72. The molecule has 1 fully saturated rings. The van der Waals surface area contributed by atoms with Crippen LogP contribution < -0.4 is 14.5 Å². The number of rotatable bonds is 6. The molecule has 0 saturated carbocycles. The monoisotopic (exact) mass is 434 g/mol. The zero-order valence-corrected chi connectivity index (χ0v) is 18.0. The fourth-order valence-electron chi connectivity index (χ4n) is 3.54. The molecule has 0 spiro atoms. The van der Waals surface area contributed by atoms with Gasteiger partial charge in [-0.15, -0.1) is 0 Å². The van der Waals surface area contributed by atoms with Crippen molar-refractivity contribution in [3.63, 3.8) is 0 Å². The van der Waals surface area contributed by atoms with Gasteiger partial charge in [-0.1, -0.05) is 29.8 Å². The molecule has 0 N–H and O–H groups in total. The van der Waals surface area contributed by atoms with Crippen molar-refractivity contribution in [2.45, 2.75) is 6.92 Å². The van der Waals surface area contributed by atoms with E-state index in [4.69, 9.17) is 20.8 Å². The first-order valence-electron chi connectivity index (χ1n) is 10.2. The third kappa shape index (κ3) is 5.01. The van der Waals surface area contributed by atoms with Gasteiger partial charge in [-0.2, -0.15) is 10.2 Å². The number of anilines is 2. The molecule has 1 aliphatic heterocycles. The van der Waals surface area contributed by atoms with E-state index in [-0.39, 0.29) is 0 Å².